The molecule has 2 amide bonds. The molecule has 1 aliphatic heterocycles. The van der Waals surface area contributed by atoms with Crippen LogP contribution >= 0.6 is 0 Å². The van der Waals surface area contributed by atoms with E-state index in [1.54, 1.807) is 0 Å². The molecule has 1 saturated heterocycles. The molecule has 30 heavy (non-hydrogen) atoms. The lowest BCUT2D eigenvalue weighted by molar-refractivity contribution is -0.124. The number of anilines is 1. The first-order valence-corrected chi connectivity index (χ1v) is 10.5. The van der Waals surface area contributed by atoms with E-state index in [0.717, 1.165) is 5.56 Å². The van der Waals surface area contributed by atoms with Crippen molar-refractivity contribution in [1.29, 1.82) is 0 Å². The Labute approximate surface area is 176 Å². The topological polar surface area (TPSA) is 37.4 Å². The molecule has 3 aliphatic carbocycles. The van der Waals surface area contributed by atoms with Crippen LogP contribution in [0.15, 0.2) is 72.8 Å². The smallest absolute Gasteiger partial charge is 0.238 e. The summed E-state index contributed by atoms with van der Waals surface area (Å²) >= 11 is 0. The summed E-state index contributed by atoms with van der Waals surface area (Å²) in [6.07, 6.45) is 0. The second kappa shape index (κ2) is 5.48. The molecule has 3 aromatic carbocycles. The van der Waals surface area contributed by atoms with Crippen LogP contribution in [-0.4, -0.2) is 11.8 Å². The Morgan fingerprint density at radius 3 is 1.37 bits per heavy atom. The highest BCUT2D eigenvalue weighted by Crippen LogP contribution is 2.66. The molecule has 0 radical (unpaired) electrons. The second-order valence-electron chi connectivity index (χ2n) is 9.30. The lowest BCUT2D eigenvalue weighted by atomic mass is 9.42. The van der Waals surface area contributed by atoms with Gasteiger partial charge in [0.05, 0.1) is 17.5 Å². The Bertz CT molecular complexity index is 1120. The summed E-state index contributed by atoms with van der Waals surface area (Å²) in [5, 5.41) is 0. The molecular formula is C27H23NO2. The Morgan fingerprint density at radius 1 is 0.633 bits per heavy atom. The van der Waals surface area contributed by atoms with Crippen LogP contribution in [0, 0.1) is 18.8 Å². The highest BCUT2D eigenvalue weighted by atomic mass is 16.2. The standard InChI is InChI=1S/C27H23NO2/c1-16-12-14-17(15-13-16)28-24(29)22-23(25(28)30)27(3)20-10-6-4-8-18(20)26(22,2)19-9-5-7-11-21(19)27/h4-15,22-23H,1-3H3. The first kappa shape index (κ1) is 17.6. The van der Waals surface area contributed by atoms with E-state index >= 15 is 0 Å². The molecule has 0 spiro atoms. The highest BCUT2D eigenvalue weighted by Gasteiger charge is 2.70. The number of nitrogens with zero attached hydrogens (tertiary/aromatic N) is 1. The van der Waals surface area contributed by atoms with Gasteiger partial charge < -0.3 is 0 Å². The van der Waals surface area contributed by atoms with Crippen LogP contribution < -0.4 is 4.90 Å². The van der Waals surface area contributed by atoms with Gasteiger partial charge in [0.25, 0.3) is 0 Å². The van der Waals surface area contributed by atoms with Crippen LogP contribution in [0.3, 0.4) is 0 Å². The van der Waals surface area contributed by atoms with Gasteiger partial charge >= 0.3 is 0 Å². The fourth-order valence-electron chi connectivity index (χ4n) is 6.52. The number of rotatable bonds is 1. The Balaban J connectivity index is 1.66. The van der Waals surface area contributed by atoms with Gasteiger partial charge in [-0.25, -0.2) is 4.90 Å². The van der Waals surface area contributed by atoms with E-state index in [0.29, 0.717) is 5.69 Å². The SMILES string of the molecule is Cc1ccc(N2C(=O)C3C(C2=O)C2(C)c4ccccc4C3(C)c3ccccc32)cc1. The number of amides is 2. The highest BCUT2D eigenvalue weighted by molar-refractivity contribution is 6.24. The summed E-state index contributed by atoms with van der Waals surface area (Å²) in [5.74, 6) is -0.958. The summed E-state index contributed by atoms with van der Waals surface area (Å²) in [7, 11) is 0. The minimum atomic E-state index is -0.526. The van der Waals surface area contributed by atoms with Crippen molar-refractivity contribution in [3.63, 3.8) is 0 Å². The fourth-order valence-corrected chi connectivity index (χ4v) is 6.52. The predicted molar refractivity (Wildman–Crippen MR) is 116 cm³/mol. The van der Waals surface area contributed by atoms with Crippen LogP contribution in [-0.2, 0) is 20.4 Å². The zero-order chi connectivity index (χ0) is 20.8. The van der Waals surface area contributed by atoms with Gasteiger partial charge in [0.15, 0.2) is 0 Å². The monoisotopic (exact) mass is 393 g/mol. The minimum Gasteiger partial charge on any atom is -0.274 e. The number of hydrogen-bond acceptors (Lipinski definition) is 2. The Hall–Kier alpha value is -3.20. The fraction of sp³-hybridized carbons (Fsp3) is 0.259. The normalized spacial score (nSPS) is 30.8. The molecule has 0 saturated carbocycles. The first-order chi connectivity index (χ1) is 14.4. The Kier molecular flexibility index (Phi) is 3.22. The van der Waals surface area contributed by atoms with Gasteiger partial charge in [0.2, 0.25) is 11.8 Å². The molecule has 3 aromatic rings. The van der Waals surface area contributed by atoms with Crippen LogP contribution in [0.25, 0.3) is 0 Å². The van der Waals surface area contributed by atoms with Crippen LogP contribution in [0.2, 0.25) is 0 Å². The summed E-state index contributed by atoms with van der Waals surface area (Å²) in [5.41, 5.74) is 5.44. The molecule has 0 aromatic heterocycles. The van der Waals surface area contributed by atoms with Crippen molar-refractivity contribution in [3.05, 3.63) is 101 Å². The molecule has 2 unspecified atom stereocenters. The lowest BCUT2D eigenvalue weighted by Gasteiger charge is -2.57. The van der Waals surface area contributed by atoms with E-state index < -0.39 is 22.7 Å². The largest absolute Gasteiger partial charge is 0.274 e. The number of carbonyl (C=O) groups is 2. The lowest BCUT2D eigenvalue weighted by Crippen LogP contribution is -2.59. The first-order valence-electron chi connectivity index (χ1n) is 10.5. The zero-order valence-electron chi connectivity index (χ0n) is 17.3. The van der Waals surface area contributed by atoms with Gasteiger partial charge in [-0.05, 0) is 41.3 Å². The molecule has 3 heteroatoms. The maximum absolute atomic E-state index is 13.9. The molecule has 0 N–H and O–H groups in total. The van der Waals surface area contributed by atoms with Crippen molar-refractivity contribution < 1.29 is 9.59 Å². The van der Waals surface area contributed by atoms with E-state index in [2.05, 4.69) is 38.1 Å². The van der Waals surface area contributed by atoms with Crippen molar-refractivity contribution in [1.82, 2.24) is 0 Å². The van der Waals surface area contributed by atoms with E-state index in [9.17, 15) is 9.59 Å². The molecule has 7 rings (SSSR count). The van der Waals surface area contributed by atoms with Crippen LogP contribution in [0.1, 0.15) is 41.7 Å². The number of benzene rings is 3. The average molecular weight is 393 g/mol. The molecule has 4 aliphatic rings. The van der Waals surface area contributed by atoms with Gasteiger partial charge in [0.1, 0.15) is 0 Å². The predicted octanol–water partition coefficient (Wildman–Crippen LogP) is 4.74. The van der Waals surface area contributed by atoms with Crippen LogP contribution in [0.5, 0.6) is 0 Å². The maximum Gasteiger partial charge on any atom is 0.238 e. The second-order valence-corrected chi connectivity index (χ2v) is 9.30. The van der Waals surface area contributed by atoms with Crippen molar-refractivity contribution in [2.24, 2.45) is 11.8 Å². The van der Waals surface area contributed by atoms with Crippen molar-refractivity contribution in [2.75, 3.05) is 4.90 Å². The maximum atomic E-state index is 13.9. The van der Waals surface area contributed by atoms with Crippen molar-refractivity contribution >= 4 is 17.5 Å². The van der Waals surface area contributed by atoms with Gasteiger partial charge in [-0.3, -0.25) is 9.59 Å². The molecule has 148 valence electrons. The van der Waals surface area contributed by atoms with Gasteiger partial charge in [-0.2, -0.15) is 0 Å². The summed E-state index contributed by atoms with van der Waals surface area (Å²) in [6.45, 7) is 6.32. The summed E-state index contributed by atoms with van der Waals surface area (Å²) in [6, 6.07) is 24.4. The van der Waals surface area contributed by atoms with Crippen LogP contribution in [0.4, 0.5) is 5.69 Å². The molecular weight excluding hydrogens is 370 g/mol. The zero-order valence-corrected chi connectivity index (χ0v) is 17.3. The summed E-state index contributed by atoms with van der Waals surface area (Å²) < 4.78 is 0. The van der Waals surface area contributed by atoms with E-state index in [4.69, 9.17) is 0 Å². The van der Waals surface area contributed by atoms with E-state index in [1.165, 1.54) is 27.2 Å². The molecule has 1 fully saturated rings. The number of hydrogen-bond donors (Lipinski definition) is 0. The number of aryl methyl sites for hydroxylation is 1. The third-order valence-corrected chi connectivity index (χ3v) is 7.93. The minimum absolute atomic E-state index is 0.0772. The quantitative estimate of drug-likeness (QED) is 0.560. The van der Waals surface area contributed by atoms with Gasteiger partial charge in [-0.15, -0.1) is 0 Å². The Morgan fingerprint density at radius 2 is 1.00 bits per heavy atom. The van der Waals surface area contributed by atoms with Crippen molar-refractivity contribution in [3.8, 4) is 0 Å². The molecule has 1 heterocycles. The molecule has 2 atom stereocenters. The third kappa shape index (κ3) is 1.78. The molecule has 3 nitrogen and oxygen atoms in total. The number of imide groups is 1. The van der Waals surface area contributed by atoms with E-state index in [1.807, 2.05) is 55.5 Å². The van der Waals surface area contributed by atoms with Gasteiger partial charge in [0, 0.05) is 10.8 Å². The third-order valence-electron chi connectivity index (χ3n) is 7.93. The van der Waals surface area contributed by atoms with E-state index in [-0.39, 0.29) is 11.8 Å². The molecule has 2 bridgehead atoms. The summed E-state index contributed by atoms with van der Waals surface area (Å²) in [4.78, 5) is 29.2. The average Bonchev–Trinajstić information content (AvgIpc) is 3.04. The number of carbonyl (C=O) groups excluding carboxylic acids is 2. The van der Waals surface area contributed by atoms with Crippen molar-refractivity contribution in [2.45, 2.75) is 31.6 Å². The van der Waals surface area contributed by atoms with Gasteiger partial charge in [-0.1, -0.05) is 80.1 Å².